The first-order valence-corrected chi connectivity index (χ1v) is 10.6. The molecule has 0 radical (unpaired) electrons. The van der Waals surface area contributed by atoms with Crippen LogP contribution in [0.25, 0.3) is 0 Å². The molecule has 0 aromatic heterocycles. The first kappa shape index (κ1) is 18.5. The van der Waals surface area contributed by atoms with Gasteiger partial charge in [0, 0.05) is 12.1 Å². The molecule has 0 bridgehead atoms. The number of rotatable bonds is 6. The monoisotopic (exact) mass is 372 g/mol. The Labute approximate surface area is 155 Å². The minimum Gasteiger partial charge on any atom is -0.345 e. The fourth-order valence-corrected chi connectivity index (χ4v) is 4.81. The van der Waals surface area contributed by atoms with Gasteiger partial charge in [-0.05, 0) is 42.7 Å². The summed E-state index contributed by atoms with van der Waals surface area (Å²) < 4.78 is 25.4. The van der Waals surface area contributed by atoms with E-state index < -0.39 is 10.0 Å². The van der Waals surface area contributed by atoms with Crippen LogP contribution in [-0.2, 0) is 10.0 Å². The molecular formula is C20H24N2O3S. The van der Waals surface area contributed by atoms with E-state index in [0.29, 0.717) is 24.2 Å². The number of sulfonamides is 1. The van der Waals surface area contributed by atoms with E-state index in [4.69, 9.17) is 0 Å². The van der Waals surface area contributed by atoms with Crippen molar-refractivity contribution in [2.45, 2.75) is 32.2 Å². The van der Waals surface area contributed by atoms with Crippen LogP contribution in [0.5, 0.6) is 0 Å². The number of anilines is 1. The lowest BCUT2D eigenvalue weighted by Crippen LogP contribution is -2.29. The van der Waals surface area contributed by atoms with Crippen molar-refractivity contribution >= 4 is 21.6 Å². The molecule has 1 atom stereocenters. The minimum atomic E-state index is -3.20. The number of hydrogen-bond acceptors (Lipinski definition) is 3. The Balaban J connectivity index is 1.73. The summed E-state index contributed by atoms with van der Waals surface area (Å²) in [5, 5.41) is 3.08. The van der Waals surface area contributed by atoms with Gasteiger partial charge in [0.15, 0.2) is 0 Å². The largest absolute Gasteiger partial charge is 0.345 e. The molecule has 138 valence electrons. The van der Waals surface area contributed by atoms with Gasteiger partial charge in [0.1, 0.15) is 0 Å². The molecule has 1 N–H and O–H groups in total. The van der Waals surface area contributed by atoms with E-state index >= 15 is 0 Å². The highest BCUT2D eigenvalue weighted by molar-refractivity contribution is 7.93. The van der Waals surface area contributed by atoms with Crippen molar-refractivity contribution in [3.05, 3.63) is 65.7 Å². The molecule has 1 amide bonds. The smallest absolute Gasteiger partial charge is 0.251 e. The standard InChI is InChI=1S/C20H24N2O3S/c1-2-7-19(16-8-4-3-5-9-16)21-20(23)17-10-12-18(13-11-17)22-14-6-15-26(22,24)25/h3-5,8-13,19H,2,6-7,14-15H2,1H3,(H,21,23). The Morgan fingerprint density at radius 1 is 1.12 bits per heavy atom. The van der Waals surface area contributed by atoms with Crippen LogP contribution in [0.4, 0.5) is 5.69 Å². The molecule has 1 heterocycles. The molecule has 0 spiro atoms. The van der Waals surface area contributed by atoms with Crippen LogP contribution in [0.15, 0.2) is 54.6 Å². The molecule has 0 saturated carbocycles. The molecule has 1 saturated heterocycles. The maximum Gasteiger partial charge on any atom is 0.251 e. The van der Waals surface area contributed by atoms with Crippen molar-refractivity contribution in [3.8, 4) is 0 Å². The van der Waals surface area contributed by atoms with Gasteiger partial charge < -0.3 is 5.32 Å². The maximum absolute atomic E-state index is 12.6. The van der Waals surface area contributed by atoms with Crippen molar-refractivity contribution in [2.75, 3.05) is 16.6 Å². The first-order chi connectivity index (χ1) is 12.5. The zero-order valence-electron chi connectivity index (χ0n) is 14.9. The van der Waals surface area contributed by atoms with Gasteiger partial charge in [-0.25, -0.2) is 8.42 Å². The first-order valence-electron chi connectivity index (χ1n) is 8.97. The number of carbonyl (C=O) groups is 1. The van der Waals surface area contributed by atoms with Gasteiger partial charge in [0.25, 0.3) is 5.91 Å². The van der Waals surface area contributed by atoms with E-state index in [0.717, 1.165) is 18.4 Å². The van der Waals surface area contributed by atoms with Gasteiger partial charge in [0.05, 0.1) is 17.5 Å². The summed E-state index contributed by atoms with van der Waals surface area (Å²) in [6.45, 7) is 2.59. The van der Waals surface area contributed by atoms with E-state index in [1.165, 1.54) is 4.31 Å². The molecule has 6 heteroatoms. The third-order valence-electron chi connectivity index (χ3n) is 4.60. The molecule has 5 nitrogen and oxygen atoms in total. The molecule has 0 aliphatic carbocycles. The Bertz CT molecular complexity index is 848. The van der Waals surface area contributed by atoms with Crippen LogP contribution in [0.3, 0.4) is 0 Å². The molecule has 1 fully saturated rings. The molecule has 3 rings (SSSR count). The van der Waals surface area contributed by atoms with E-state index in [1.54, 1.807) is 24.3 Å². The fraction of sp³-hybridized carbons (Fsp3) is 0.350. The Kier molecular flexibility index (Phi) is 5.61. The second-order valence-electron chi connectivity index (χ2n) is 6.51. The zero-order valence-corrected chi connectivity index (χ0v) is 15.7. The van der Waals surface area contributed by atoms with Crippen LogP contribution in [0.2, 0.25) is 0 Å². The predicted molar refractivity (Wildman–Crippen MR) is 104 cm³/mol. The highest BCUT2D eigenvalue weighted by Crippen LogP contribution is 2.25. The van der Waals surface area contributed by atoms with Crippen LogP contribution in [-0.4, -0.2) is 26.6 Å². The SMILES string of the molecule is CCCC(NC(=O)c1ccc(N2CCCS2(=O)=O)cc1)c1ccccc1. The highest BCUT2D eigenvalue weighted by Gasteiger charge is 2.28. The summed E-state index contributed by atoms with van der Waals surface area (Å²) in [6, 6.07) is 16.7. The van der Waals surface area contributed by atoms with Gasteiger partial charge in [-0.3, -0.25) is 9.10 Å². The number of carbonyl (C=O) groups excluding carboxylic acids is 1. The molecule has 2 aromatic rings. The number of benzene rings is 2. The summed E-state index contributed by atoms with van der Waals surface area (Å²) >= 11 is 0. The number of amides is 1. The van der Waals surface area contributed by atoms with Crippen LogP contribution < -0.4 is 9.62 Å². The second-order valence-corrected chi connectivity index (χ2v) is 8.53. The Morgan fingerprint density at radius 3 is 2.38 bits per heavy atom. The third-order valence-corrected chi connectivity index (χ3v) is 6.47. The van der Waals surface area contributed by atoms with Crippen molar-refractivity contribution < 1.29 is 13.2 Å². The van der Waals surface area contributed by atoms with E-state index in [-0.39, 0.29) is 17.7 Å². The lowest BCUT2D eigenvalue weighted by atomic mass is 10.0. The highest BCUT2D eigenvalue weighted by atomic mass is 32.2. The van der Waals surface area contributed by atoms with Gasteiger partial charge in [-0.15, -0.1) is 0 Å². The third kappa shape index (κ3) is 4.07. The fourth-order valence-electron chi connectivity index (χ4n) is 3.25. The number of nitrogens with zero attached hydrogens (tertiary/aromatic N) is 1. The molecule has 1 aliphatic rings. The quantitative estimate of drug-likeness (QED) is 0.844. The summed E-state index contributed by atoms with van der Waals surface area (Å²) in [5.74, 6) is 0.0356. The van der Waals surface area contributed by atoms with Gasteiger partial charge in [0.2, 0.25) is 10.0 Å². The topological polar surface area (TPSA) is 66.5 Å². The average molecular weight is 372 g/mol. The lowest BCUT2D eigenvalue weighted by Gasteiger charge is -2.20. The molecule has 1 unspecified atom stereocenters. The van der Waals surface area contributed by atoms with Crippen molar-refractivity contribution in [2.24, 2.45) is 0 Å². The van der Waals surface area contributed by atoms with Crippen molar-refractivity contribution in [3.63, 3.8) is 0 Å². The lowest BCUT2D eigenvalue weighted by molar-refractivity contribution is 0.0934. The van der Waals surface area contributed by atoms with Crippen LogP contribution in [0.1, 0.15) is 48.1 Å². The minimum absolute atomic E-state index is 0.0349. The van der Waals surface area contributed by atoms with Crippen LogP contribution >= 0.6 is 0 Å². The van der Waals surface area contributed by atoms with Gasteiger partial charge in [-0.1, -0.05) is 43.7 Å². The number of hydrogen-bond donors (Lipinski definition) is 1. The second kappa shape index (κ2) is 7.91. The Hall–Kier alpha value is -2.34. The van der Waals surface area contributed by atoms with Gasteiger partial charge >= 0.3 is 0 Å². The van der Waals surface area contributed by atoms with Crippen molar-refractivity contribution in [1.29, 1.82) is 0 Å². The molecular weight excluding hydrogens is 348 g/mol. The van der Waals surface area contributed by atoms with Crippen molar-refractivity contribution in [1.82, 2.24) is 5.32 Å². The molecule has 2 aromatic carbocycles. The van der Waals surface area contributed by atoms with E-state index in [2.05, 4.69) is 12.2 Å². The zero-order chi connectivity index (χ0) is 18.6. The summed E-state index contributed by atoms with van der Waals surface area (Å²) in [4.78, 5) is 12.6. The maximum atomic E-state index is 12.6. The Morgan fingerprint density at radius 2 is 1.81 bits per heavy atom. The van der Waals surface area contributed by atoms with Crippen LogP contribution in [0, 0.1) is 0 Å². The summed E-state index contributed by atoms with van der Waals surface area (Å²) in [6.07, 6.45) is 2.46. The predicted octanol–water partition coefficient (Wildman–Crippen LogP) is 3.50. The molecule has 1 aliphatic heterocycles. The average Bonchev–Trinajstić information content (AvgIpc) is 3.01. The van der Waals surface area contributed by atoms with E-state index in [9.17, 15) is 13.2 Å². The summed E-state index contributed by atoms with van der Waals surface area (Å²) in [7, 11) is -3.20. The molecule has 26 heavy (non-hydrogen) atoms. The normalized spacial score (nSPS) is 17.0. The van der Waals surface area contributed by atoms with Gasteiger partial charge in [-0.2, -0.15) is 0 Å². The number of nitrogens with one attached hydrogen (secondary N) is 1. The van der Waals surface area contributed by atoms with E-state index in [1.807, 2.05) is 30.3 Å². The summed E-state index contributed by atoms with van der Waals surface area (Å²) in [5.41, 5.74) is 2.23.